The summed E-state index contributed by atoms with van der Waals surface area (Å²) in [5.41, 5.74) is 33.0. The van der Waals surface area contributed by atoms with Gasteiger partial charge in [-0.05, 0) is 289 Å². The molecule has 0 fully saturated rings. The van der Waals surface area contributed by atoms with Gasteiger partial charge >= 0.3 is 0 Å². The van der Waals surface area contributed by atoms with E-state index in [1.807, 2.05) is 0 Å². The van der Waals surface area contributed by atoms with E-state index in [1.54, 1.807) is 0 Å². The lowest BCUT2D eigenvalue weighted by Crippen LogP contribution is -2.14. The molecule has 0 aliphatic heterocycles. The van der Waals surface area contributed by atoms with E-state index in [9.17, 15) is 0 Å². The lowest BCUT2D eigenvalue weighted by Gasteiger charge is -2.22. The molecular formula is C133H90. The van der Waals surface area contributed by atoms with Crippen LogP contribution in [-0.4, -0.2) is 0 Å². The van der Waals surface area contributed by atoms with Crippen molar-refractivity contribution in [2.24, 2.45) is 0 Å². The van der Waals surface area contributed by atoms with Gasteiger partial charge in [0.25, 0.3) is 0 Å². The van der Waals surface area contributed by atoms with Gasteiger partial charge in [0.1, 0.15) is 0 Å². The minimum atomic E-state index is -0.0384. The summed E-state index contributed by atoms with van der Waals surface area (Å²) in [5.74, 6) is 0. The Morgan fingerprint density at radius 1 is 0.113 bits per heavy atom. The van der Waals surface area contributed by atoms with Crippen LogP contribution in [0.15, 0.2) is 510 Å². The first kappa shape index (κ1) is 79.5. The fourth-order valence-electron chi connectivity index (χ4n) is 21.6. The third-order valence-corrected chi connectivity index (χ3v) is 28.0. The van der Waals surface area contributed by atoms with E-state index in [0.717, 1.165) is 0 Å². The molecule has 0 unspecified atom stereocenters. The van der Waals surface area contributed by atoms with E-state index in [4.69, 9.17) is 0 Å². The van der Waals surface area contributed by atoms with E-state index in [1.165, 1.54) is 252 Å². The van der Waals surface area contributed by atoms with E-state index in [0.29, 0.717) is 0 Å². The van der Waals surface area contributed by atoms with Crippen molar-refractivity contribution in [1.29, 1.82) is 0 Å². The van der Waals surface area contributed by atoms with Gasteiger partial charge in [-0.15, -0.1) is 0 Å². The highest BCUT2D eigenvalue weighted by Crippen LogP contribution is 2.54. The highest BCUT2D eigenvalue weighted by molar-refractivity contribution is 6.27. The number of benzene rings is 25. The first-order valence-corrected chi connectivity index (χ1v) is 46.3. The van der Waals surface area contributed by atoms with Gasteiger partial charge in [0, 0.05) is 5.41 Å². The van der Waals surface area contributed by atoms with Gasteiger partial charge in [0.05, 0.1) is 0 Å². The summed E-state index contributed by atoms with van der Waals surface area (Å²) in [4.78, 5) is 0. The zero-order chi connectivity index (χ0) is 88.5. The fraction of sp³-hybridized carbons (Fsp3) is 0.0226. The molecule has 26 rings (SSSR count). The SMILES string of the molecule is CC1(C)c2ccccc2-c2ccc(-c3ccc4c(-c5ccc(-c6ccccc6)cc5)c5ccccc5c(-c5ccccc5)c4c3)cc21.c1ccc(-c2ccc(-c3c4ccccc4c(-c4ccccc4)c4cc(-c5cc6ccccc6c6ccccc56)ccc34)cc2)cc1.c1ccc(-c2ccc3c(-c4ccc5ccccc5c4)c4ccccc4c(-c4cccc5ccccc45)c3c2)cc1. The molecule has 133 heavy (non-hydrogen) atoms. The maximum Gasteiger partial charge on any atom is 0.0159 e. The maximum atomic E-state index is 2.43. The van der Waals surface area contributed by atoms with Crippen LogP contribution in [-0.2, 0) is 5.41 Å². The van der Waals surface area contributed by atoms with Crippen LogP contribution in [0.25, 0.3) is 241 Å². The molecule has 0 saturated heterocycles. The van der Waals surface area contributed by atoms with Gasteiger partial charge in [-0.25, -0.2) is 0 Å². The van der Waals surface area contributed by atoms with Crippen molar-refractivity contribution in [3.63, 3.8) is 0 Å². The molecule has 25 aromatic rings. The van der Waals surface area contributed by atoms with Crippen molar-refractivity contribution in [1.82, 2.24) is 0 Å². The summed E-state index contributed by atoms with van der Waals surface area (Å²) in [7, 11) is 0. The zero-order valence-electron chi connectivity index (χ0n) is 74.0. The summed E-state index contributed by atoms with van der Waals surface area (Å²) in [6.45, 7) is 4.72. The highest BCUT2D eigenvalue weighted by atomic mass is 14.4. The van der Waals surface area contributed by atoms with Crippen molar-refractivity contribution >= 4 is 108 Å². The second-order valence-corrected chi connectivity index (χ2v) is 35.9. The van der Waals surface area contributed by atoms with Gasteiger partial charge in [0.15, 0.2) is 0 Å². The van der Waals surface area contributed by atoms with Crippen LogP contribution < -0.4 is 0 Å². The molecule has 1 aliphatic rings. The van der Waals surface area contributed by atoms with Crippen LogP contribution in [0.2, 0.25) is 0 Å². The first-order valence-electron chi connectivity index (χ1n) is 46.3. The van der Waals surface area contributed by atoms with Gasteiger partial charge in [0.2, 0.25) is 0 Å². The molecule has 25 aromatic carbocycles. The second kappa shape index (κ2) is 33.6. The summed E-state index contributed by atoms with van der Waals surface area (Å²) in [6, 6.07) is 187. The largest absolute Gasteiger partial charge is 0.0622 e. The Morgan fingerprint density at radius 3 is 0.932 bits per heavy atom. The molecule has 0 heterocycles. The second-order valence-electron chi connectivity index (χ2n) is 35.9. The standard InChI is InChI=1S/C47H34.C46H30.C40H26/c1-47(2)43-20-12-11-17-37(43)38-27-25-36(30-44(38)47)35-26-28-41-42(29-35)46(33-15-7-4-8-16-33)40-19-10-9-18-39(40)45(41)34-23-21-32(22-24-34)31-13-5-3-6-14-31;1-3-13-31(14-4-1)32-23-25-34(26-24-32)45-40-21-11-12-22-41(40)46(33-15-5-2-6-16-33)44-30-36(27-28-42(44)45)43-29-35-17-7-8-18-37(35)38-19-9-10-20-39(38)43;1-2-11-27(12-3-1)31-23-24-37-38(26-31)40(34-20-10-16-29-14-6-7-17-33(29)34)36-19-9-8-18-35(36)39(37)32-22-21-28-13-4-5-15-30(28)25-32/h3-30H,1-2H3;1-30H;1-26H. The van der Waals surface area contributed by atoms with E-state index in [2.05, 4.69) is 523 Å². The molecule has 1 aliphatic carbocycles. The predicted molar refractivity (Wildman–Crippen MR) is 572 cm³/mol. The van der Waals surface area contributed by atoms with E-state index < -0.39 is 0 Å². The third-order valence-electron chi connectivity index (χ3n) is 28.0. The smallest absolute Gasteiger partial charge is 0.0159 e. The molecule has 0 heteroatoms. The minimum absolute atomic E-state index is 0.0384. The van der Waals surface area contributed by atoms with Crippen LogP contribution >= 0.6 is 0 Å². The zero-order valence-corrected chi connectivity index (χ0v) is 74.0. The van der Waals surface area contributed by atoms with Gasteiger partial charge < -0.3 is 0 Å². The first-order chi connectivity index (χ1) is 65.8. The van der Waals surface area contributed by atoms with Crippen LogP contribution in [0, 0.1) is 0 Å². The van der Waals surface area contributed by atoms with Crippen molar-refractivity contribution in [2.45, 2.75) is 19.3 Å². The van der Waals surface area contributed by atoms with Gasteiger partial charge in [-0.3, -0.25) is 0 Å². The molecule has 622 valence electrons. The van der Waals surface area contributed by atoms with Crippen LogP contribution in [0.3, 0.4) is 0 Å². The van der Waals surface area contributed by atoms with Crippen molar-refractivity contribution < 1.29 is 0 Å². The van der Waals surface area contributed by atoms with E-state index >= 15 is 0 Å². The average molecular weight is 1690 g/mol. The summed E-state index contributed by atoms with van der Waals surface area (Å²) >= 11 is 0. The van der Waals surface area contributed by atoms with Crippen LogP contribution in [0.1, 0.15) is 25.0 Å². The van der Waals surface area contributed by atoms with Gasteiger partial charge in [-0.1, -0.05) is 487 Å². The van der Waals surface area contributed by atoms with Crippen LogP contribution in [0.4, 0.5) is 0 Å². The molecule has 0 bridgehead atoms. The van der Waals surface area contributed by atoms with Crippen molar-refractivity contribution in [2.75, 3.05) is 0 Å². The molecular weight excluding hydrogens is 1600 g/mol. The highest BCUT2D eigenvalue weighted by Gasteiger charge is 2.36. The molecule has 0 aromatic heterocycles. The summed E-state index contributed by atoms with van der Waals surface area (Å²) in [5, 5.41) is 25.4. The van der Waals surface area contributed by atoms with Crippen molar-refractivity contribution in [3.05, 3.63) is 521 Å². The third kappa shape index (κ3) is 14.2. The quantitative estimate of drug-likeness (QED) is 0.0894. The van der Waals surface area contributed by atoms with Crippen molar-refractivity contribution in [3.8, 4) is 134 Å². The molecule has 0 saturated carbocycles. The summed E-state index contributed by atoms with van der Waals surface area (Å²) < 4.78 is 0. The predicted octanol–water partition coefficient (Wildman–Crippen LogP) is 37.2. The topological polar surface area (TPSA) is 0 Å². The molecule has 0 nitrogen and oxygen atoms in total. The Bertz CT molecular complexity index is 8830. The Balaban J connectivity index is 0.000000110. The number of fused-ring (bicyclic) bond motifs is 14. The summed E-state index contributed by atoms with van der Waals surface area (Å²) in [6.07, 6.45) is 0. The minimum Gasteiger partial charge on any atom is -0.0622 e. The van der Waals surface area contributed by atoms with E-state index in [-0.39, 0.29) is 5.41 Å². The van der Waals surface area contributed by atoms with Crippen LogP contribution in [0.5, 0.6) is 0 Å². The Labute approximate surface area is 775 Å². The molecule has 0 radical (unpaired) electrons. The Hall–Kier alpha value is -16.9. The lowest BCUT2D eigenvalue weighted by molar-refractivity contribution is 0.660. The molecule has 0 atom stereocenters. The molecule has 0 N–H and O–H groups in total. The molecule has 0 amide bonds. The average Bonchev–Trinajstić information content (AvgIpc) is 1.37. The Morgan fingerprint density at radius 2 is 0.406 bits per heavy atom. The fourth-order valence-corrected chi connectivity index (χ4v) is 21.6. The maximum absolute atomic E-state index is 2.43. The normalized spacial score (nSPS) is 12.0. The number of hydrogen-bond acceptors (Lipinski definition) is 0. The number of rotatable bonds is 11. The lowest BCUT2D eigenvalue weighted by atomic mass is 9.81. The number of hydrogen-bond donors (Lipinski definition) is 0. The van der Waals surface area contributed by atoms with Gasteiger partial charge in [-0.2, -0.15) is 0 Å². The Kier molecular flexibility index (Phi) is 20.1. The monoisotopic (exact) mass is 1690 g/mol. The molecule has 0 spiro atoms.